The van der Waals surface area contributed by atoms with E-state index in [4.69, 9.17) is 10.2 Å². The maximum atomic E-state index is 12.1. The molecule has 0 saturated heterocycles. The molecule has 0 aliphatic rings. The number of rotatable bonds is 7. The number of carbonyl (C=O) groups is 2. The molecule has 1 heterocycles. The molecule has 0 saturated carbocycles. The minimum absolute atomic E-state index is 0.110. The molecular weight excluding hydrogens is 374 g/mol. The Balaban J connectivity index is 1.92. The highest BCUT2D eigenvalue weighted by atomic mass is 79.9. The molecule has 6 nitrogen and oxygen atoms in total. The second-order valence-electron chi connectivity index (χ2n) is 5.92. The zero-order chi connectivity index (χ0) is 17.7. The molecule has 0 radical (unpaired) electrons. The molecule has 1 unspecified atom stereocenters. The van der Waals surface area contributed by atoms with Crippen molar-refractivity contribution in [2.45, 2.75) is 26.3 Å². The molecule has 7 heteroatoms. The molecule has 1 aromatic heterocycles. The fraction of sp³-hybridized carbons (Fsp3) is 0.353. The van der Waals surface area contributed by atoms with Gasteiger partial charge in [-0.3, -0.25) is 9.59 Å². The smallest absolute Gasteiger partial charge is 0.273 e. The summed E-state index contributed by atoms with van der Waals surface area (Å²) in [6.07, 6.45) is 1.97. The highest BCUT2D eigenvalue weighted by Gasteiger charge is 2.18. The van der Waals surface area contributed by atoms with Crippen molar-refractivity contribution in [3.63, 3.8) is 0 Å². The number of hydrogen-bond donors (Lipinski definition) is 2. The van der Waals surface area contributed by atoms with Crippen LogP contribution in [0.15, 0.2) is 39.4 Å². The Morgan fingerprint density at radius 2 is 1.96 bits per heavy atom. The fourth-order valence-electron chi connectivity index (χ4n) is 2.16. The van der Waals surface area contributed by atoms with Gasteiger partial charge in [0.2, 0.25) is 5.89 Å². The van der Waals surface area contributed by atoms with Gasteiger partial charge in [0.1, 0.15) is 6.26 Å². The van der Waals surface area contributed by atoms with Gasteiger partial charge in [-0.25, -0.2) is 4.98 Å². The predicted octanol–water partition coefficient (Wildman–Crippen LogP) is 3.10. The molecule has 2 aromatic rings. The van der Waals surface area contributed by atoms with Gasteiger partial charge >= 0.3 is 0 Å². The standard InChI is InChI=1S/C17H20BrN3O3/c1-10(2)7-13(19)17-21-14(9-24-17)16(23)20-8-15(22)11-3-5-12(18)6-4-11/h3-6,9-10,13H,7-8,19H2,1-2H3,(H,20,23). The summed E-state index contributed by atoms with van der Waals surface area (Å²) in [7, 11) is 0. The Hall–Kier alpha value is -1.99. The summed E-state index contributed by atoms with van der Waals surface area (Å²) in [6, 6.07) is 6.58. The summed E-state index contributed by atoms with van der Waals surface area (Å²) in [5.74, 6) is 0.0732. The van der Waals surface area contributed by atoms with Crippen LogP contribution >= 0.6 is 15.9 Å². The molecule has 1 aromatic carbocycles. The Morgan fingerprint density at radius 1 is 1.29 bits per heavy atom. The predicted molar refractivity (Wildman–Crippen MR) is 93.7 cm³/mol. The summed E-state index contributed by atoms with van der Waals surface area (Å²) >= 11 is 3.31. The number of oxazole rings is 1. The number of aromatic nitrogens is 1. The van der Waals surface area contributed by atoms with Crippen LogP contribution in [0.2, 0.25) is 0 Å². The van der Waals surface area contributed by atoms with E-state index in [1.165, 1.54) is 6.26 Å². The molecule has 0 bridgehead atoms. The Labute approximate surface area is 149 Å². The lowest BCUT2D eigenvalue weighted by Crippen LogP contribution is -2.29. The third-order valence-corrected chi connectivity index (χ3v) is 3.90. The summed E-state index contributed by atoms with van der Waals surface area (Å²) < 4.78 is 6.15. The van der Waals surface area contributed by atoms with E-state index >= 15 is 0 Å². The summed E-state index contributed by atoms with van der Waals surface area (Å²) in [5.41, 5.74) is 6.62. The van der Waals surface area contributed by atoms with Gasteiger partial charge in [0.15, 0.2) is 11.5 Å². The van der Waals surface area contributed by atoms with Crippen LogP contribution in [0.3, 0.4) is 0 Å². The van der Waals surface area contributed by atoms with Crippen molar-refractivity contribution in [2.24, 2.45) is 11.7 Å². The molecule has 1 atom stereocenters. The molecule has 0 fully saturated rings. The number of carbonyl (C=O) groups excluding carboxylic acids is 2. The lowest BCUT2D eigenvalue weighted by Gasteiger charge is -2.09. The van der Waals surface area contributed by atoms with Crippen LogP contribution in [0.4, 0.5) is 0 Å². The summed E-state index contributed by atoms with van der Waals surface area (Å²) in [4.78, 5) is 28.2. The number of halogens is 1. The van der Waals surface area contributed by atoms with Crippen LogP contribution in [0.1, 0.15) is 53.0 Å². The molecule has 3 N–H and O–H groups in total. The van der Waals surface area contributed by atoms with E-state index in [9.17, 15) is 9.59 Å². The summed E-state index contributed by atoms with van der Waals surface area (Å²) in [5, 5.41) is 2.54. The fourth-order valence-corrected chi connectivity index (χ4v) is 2.42. The second kappa shape index (κ2) is 8.21. The van der Waals surface area contributed by atoms with Crippen LogP contribution in [-0.2, 0) is 0 Å². The minimum atomic E-state index is -0.466. The highest BCUT2D eigenvalue weighted by molar-refractivity contribution is 9.10. The molecule has 128 valence electrons. The van der Waals surface area contributed by atoms with Gasteiger partial charge in [-0.1, -0.05) is 41.9 Å². The van der Waals surface area contributed by atoms with Crippen molar-refractivity contribution in [1.82, 2.24) is 10.3 Å². The first kappa shape index (κ1) is 18.4. The van der Waals surface area contributed by atoms with E-state index in [1.807, 2.05) is 13.8 Å². The SMILES string of the molecule is CC(C)CC(N)c1nc(C(=O)NCC(=O)c2ccc(Br)cc2)co1. The third-order valence-electron chi connectivity index (χ3n) is 3.37. The van der Waals surface area contributed by atoms with E-state index in [0.29, 0.717) is 23.8 Å². The monoisotopic (exact) mass is 393 g/mol. The van der Waals surface area contributed by atoms with Gasteiger partial charge in [-0.05, 0) is 24.5 Å². The van der Waals surface area contributed by atoms with Crippen molar-refractivity contribution < 1.29 is 14.0 Å². The number of nitrogens with two attached hydrogens (primary N) is 1. The highest BCUT2D eigenvalue weighted by Crippen LogP contribution is 2.18. The second-order valence-corrected chi connectivity index (χ2v) is 6.84. The van der Waals surface area contributed by atoms with Crippen molar-refractivity contribution in [3.05, 3.63) is 52.1 Å². The molecule has 2 rings (SSSR count). The lowest BCUT2D eigenvalue weighted by atomic mass is 10.0. The molecule has 0 aliphatic heterocycles. The van der Waals surface area contributed by atoms with Gasteiger partial charge in [-0.2, -0.15) is 0 Å². The van der Waals surface area contributed by atoms with E-state index in [2.05, 4.69) is 26.2 Å². The number of ketones is 1. The molecule has 0 spiro atoms. The average Bonchev–Trinajstić information content (AvgIpc) is 3.02. The maximum Gasteiger partial charge on any atom is 0.273 e. The van der Waals surface area contributed by atoms with E-state index in [-0.39, 0.29) is 24.1 Å². The van der Waals surface area contributed by atoms with Gasteiger partial charge in [0.25, 0.3) is 5.91 Å². The minimum Gasteiger partial charge on any atom is -0.446 e. The first-order valence-electron chi connectivity index (χ1n) is 7.64. The quantitative estimate of drug-likeness (QED) is 0.704. The third kappa shape index (κ3) is 5.01. The number of hydrogen-bond acceptors (Lipinski definition) is 5. The van der Waals surface area contributed by atoms with Crippen molar-refractivity contribution in [3.8, 4) is 0 Å². The van der Waals surface area contributed by atoms with Crippen LogP contribution in [0, 0.1) is 5.92 Å². The van der Waals surface area contributed by atoms with E-state index < -0.39 is 5.91 Å². The first-order valence-corrected chi connectivity index (χ1v) is 8.44. The zero-order valence-electron chi connectivity index (χ0n) is 13.6. The number of nitrogens with one attached hydrogen (secondary N) is 1. The summed E-state index contributed by atoms with van der Waals surface area (Å²) in [6.45, 7) is 3.98. The van der Waals surface area contributed by atoms with Crippen molar-refractivity contribution in [2.75, 3.05) is 6.54 Å². The zero-order valence-corrected chi connectivity index (χ0v) is 15.2. The van der Waals surface area contributed by atoms with Crippen LogP contribution in [0.5, 0.6) is 0 Å². The number of amides is 1. The maximum absolute atomic E-state index is 12.1. The van der Waals surface area contributed by atoms with E-state index in [0.717, 1.165) is 4.47 Å². The normalized spacial score (nSPS) is 12.2. The van der Waals surface area contributed by atoms with Crippen LogP contribution in [0.25, 0.3) is 0 Å². The average molecular weight is 394 g/mol. The number of benzene rings is 1. The molecule has 1 amide bonds. The van der Waals surface area contributed by atoms with Crippen LogP contribution < -0.4 is 11.1 Å². The number of Topliss-reactive ketones (excluding diaryl/α,β-unsaturated/α-hetero) is 1. The van der Waals surface area contributed by atoms with Gasteiger partial charge in [-0.15, -0.1) is 0 Å². The lowest BCUT2D eigenvalue weighted by molar-refractivity contribution is 0.0900. The van der Waals surface area contributed by atoms with Crippen LogP contribution in [-0.4, -0.2) is 23.2 Å². The largest absolute Gasteiger partial charge is 0.446 e. The first-order chi connectivity index (χ1) is 11.4. The van der Waals surface area contributed by atoms with Gasteiger partial charge < -0.3 is 15.5 Å². The molecule has 24 heavy (non-hydrogen) atoms. The van der Waals surface area contributed by atoms with Crippen molar-refractivity contribution >= 4 is 27.6 Å². The van der Waals surface area contributed by atoms with Crippen molar-refractivity contribution in [1.29, 1.82) is 0 Å². The number of nitrogens with zero attached hydrogens (tertiary/aromatic N) is 1. The van der Waals surface area contributed by atoms with E-state index in [1.54, 1.807) is 24.3 Å². The molecule has 0 aliphatic carbocycles. The van der Waals surface area contributed by atoms with Gasteiger partial charge in [0.05, 0.1) is 12.6 Å². The Bertz CT molecular complexity index is 710. The Kier molecular flexibility index (Phi) is 6.28. The molecular formula is C17H20BrN3O3. The topological polar surface area (TPSA) is 98.2 Å². The Morgan fingerprint density at radius 3 is 2.58 bits per heavy atom. The van der Waals surface area contributed by atoms with Gasteiger partial charge in [0, 0.05) is 10.0 Å².